The van der Waals surface area contributed by atoms with Crippen molar-refractivity contribution in [2.75, 3.05) is 39.3 Å². The van der Waals surface area contributed by atoms with Gasteiger partial charge in [-0.15, -0.1) is 0 Å². The van der Waals surface area contributed by atoms with Crippen molar-refractivity contribution in [3.05, 3.63) is 29.3 Å². The van der Waals surface area contributed by atoms with E-state index < -0.39 is 0 Å². The molecule has 134 valence electrons. The standard InChI is InChI=1S/C18H28ClN3O2/c1-14(2)13-16(20)18(23)22-9-7-21(8-10-22)11-12-24-17-6-4-3-5-15(17)19/h3-6,14,16H,7-13,20H2,1-2H3/t16-/m0/s1. The van der Waals surface area contributed by atoms with Gasteiger partial charge in [0.25, 0.3) is 0 Å². The fraction of sp³-hybridized carbons (Fsp3) is 0.611. The Hall–Kier alpha value is -1.30. The minimum Gasteiger partial charge on any atom is -0.491 e. The van der Waals surface area contributed by atoms with Gasteiger partial charge in [0.1, 0.15) is 12.4 Å². The van der Waals surface area contributed by atoms with Crippen molar-refractivity contribution >= 4 is 17.5 Å². The molecular formula is C18H28ClN3O2. The molecule has 1 saturated heterocycles. The van der Waals surface area contributed by atoms with E-state index in [0.29, 0.717) is 23.3 Å². The van der Waals surface area contributed by atoms with Crippen LogP contribution in [0.4, 0.5) is 0 Å². The molecular weight excluding hydrogens is 326 g/mol. The third-order valence-corrected chi connectivity index (χ3v) is 4.54. The monoisotopic (exact) mass is 353 g/mol. The fourth-order valence-corrected chi connectivity index (χ4v) is 3.07. The van der Waals surface area contributed by atoms with Crippen molar-refractivity contribution in [2.45, 2.75) is 26.3 Å². The maximum absolute atomic E-state index is 12.3. The number of carbonyl (C=O) groups is 1. The molecule has 0 saturated carbocycles. The molecule has 6 heteroatoms. The molecule has 1 fully saturated rings. The molecule has 1 aromatic carbocycles. The first kappa shape index (κ1) is 19.0. The molecule has 2 N–H and O–H groups in total. The Morgan fingerprint density at radius 2 is 1.92 bits per heavy atom. The summed E-state index contributed by atoms with van der Waals surface area (Å²) in [6, 6.07) is 7.11. The highest BCUT2D eigenvalue weighted by molar-refractivity contribution is 6.32. The van der Waals surface area contributed by atoms with Crippen molar-refractivity contribution in [3.8, 4) is 5.75 Å². The second kappa shape index (κ2) is 9.25. The van der Waals surface area contributed by atoms with E-state index >= 15 is 0 Å². The van der Waals surface area contributed by atoms with E-state index in [1.807, 2.05) is 29.2 Å². The fourth-order valence-electron chi connectivity index (χ4n) is 2.88. The number of hydrogen-bond donors (Lipinski definition) is 1. The highest BCUT2D eigenvalue weighted by atomic mass is 35.5. The summed E-state index contributed by atoms with van der Waals surface area (Å²) in [6.45, 7) is 8.76. The van der Waals surface area contributed by atoms with Crippen LogP contribution in [0.5, 0.6) is 5.75 Å². The van der Waals surface area contributed by atoms with Crippen LogP contribution in [0.3, 0.4) is 0 Å². The number of para-hydroxylation sites is 1. The van der Waals surface area contributed by atoms with Gasteiger partial charge in [0.05, 0.1) is 11.1 Å². The van der Waals surface area contributed by atoms with Crippen LogP contribution in [-0.4, -0.2) is 61.1 Å². The first-order chi connectivity index (χ1) is 11.5. The maximum atomic E-state index is 12.3. The predicted molar refractivity (Wildman–Crippen MR) is 97.4 cm³/mol. The molecule has 1 aliphatic rings. The van der Waals surface area contributed by atoms with Crippen molar-refractivity contribution in [3.63, 3.8) is 0 Å². The molecule has 0 bridgehead atoms. The minimum absolute atomic E-state index is 0.0793. The summed E-state index contributed by atoms with van der Waals surface area (Å²) in [5, 5.41) is 0.632. The van der Waals surface area contributed by atoms with Crippen LogP contribution in [0.25, 0.3) is 0 Å². The molecule has 1 amide bonds. The lowest BCUT2D eigenvalue weighted by molar-refractivity contribution is -0.134. The van der Waals surface area contributed by atoms with E-state index in [2.05, 4.69) is 18.7 Å². The molecule has 2 rings (SSSR count). The molecule has 1 aliphatic heterocycles. The number of nitrogens with two attached hydrogens (primary N) is 1. The summed E-state index contributed by atoms with van der Waals surface area (Å²) < 4.78 is 5.72. The first-order valence-corrected chi connectivity index (χ1v) is 8.99. The number of piperazine rings is 1. The van der Waals surface area contributed by atoms with E-state index in [4.69, 9.17) is 22.1 Å². The highest BCUT2D eigenvalue weighted by Crippen LogP contribution is 2.22. The topological polar surface area (TPSA) is 58.8 Å². The lowest BCUT2D eigenvalue weighted by atomic mass is 10.0. The van der Waals surface area contributed by atoms with Crippen LogP contribution in [0.1, 0.15) is 20.3 Å². The lowest BCUT2D eigenvalue weighted by Crippen LogP contribution is -2.53. The number of halogens is 1. The number of hydrogen-bond acceptors (Lipinski definition) is 4. The maximum Gasteiger partial charge on any atom is 0.239 e. The summed E-state index contributed by atoms with van der Waals surface area (Å²) in [4.78, 5) is 16.5. The molecule has 0 spiro atoms. The van der Waals surface area contributed by atoms with Crippen LogP contribution < -0.4 is 10.5 Å². The zero-order valence-electron chi connectivity index (χ0n) is 14.6. The largest absolute Gasteiger partial charge is 0.491 e. The van der Waals surface area contributed by atoms with Crippen LogP contribution in [0.15, 0.2) is 24.3 Å². The van der Waals surface area contributed by atoms with Crippen molar-refractivity contribution < 1.29 is 9.53 Å². The van der Waals surface area contributed by atoms with Gasteiger partial charge in [-0.3, -0.25) is 9.69 Å². The second-order valence-electron chi connectivity index (χ2n) is 6.68. The number of amides is 1. The SMILES string of the molecule is CC(C)C[C@H](N)C(=O)N1CCN(CCOc2ccccc2Cl)CC1. The van der Waals surface area contributed by atoms with Crippen molar-refractivity contribution in [1.82, 2.24) is 9.80 Å². The van der Waals surface area contributed by atoms with Crippen LogP contribution in [0.2, 0.25) is 5.02 Å². The van der Waals surface area contributed by atoms with Gasteiger partial charge in [-0.2, -0.15) is 0 Å². The average Bonchev–Trinajstić information content (AvgIpc) is 2.56. The lowest BCUT2D eigenvalue weighted by Gasteiger charge is -2.36. The first-order valence-electron chi connectivity index (χ1n) is 8.61. The Balaban J connectivity index is 1.69. The molecule has 0 aliphatic carbocycles. The Bertz CT molecular complexity index is 531. The third kappa shape index (κ3) is 5.65. The third-order valence-electron chi connectivity index (χ3n) is 4.23. The summed E-state index contributed by atoms with van der Waals surface area (Å²) in [6.07, 6.45) is 0.741. The number of ether oxygens (including phenoxy) is 1. The summed E-state index contributed by atoms with van der Waals surface area (Å²) >= 11 is 6.07. The molecule has 0 aromatic heterocycles. The predicted octanol–water partition coefficient (Wildman–Crippen LogP) is 2.24. The number of benzene rings is 1. The Morgan fingerprint density at radius 1 is 1.25 bits per heavy atom. The van der Waals surface area contributed by atoms with E-state index in [9.17, 15) is 4.79 Å². The number of rotatable bonds is 7. The van der Waals surface area contributed by atoms with Gasteiger partial charge in [-0.25, -0.2) is 0 Å². The normalized spacial score (nSPS) is 17.1. The molecule has 24 heavy (non-hydrogen) atoms. The molecule has 5 nitrogen and oxygen atoms in total. The molecule has 1 heterocycles. The van der Waals surface area contributed by atoms with E-state index in [1.54, 1.807) is 0 Å². The Morgan fingerprint density at radius 3 is 2.54 bits per heavy atom. The van der Waals surface area contributed by atoms with E-state index in [0.717, 1.165) is 39.1 Å². The van der Waals surface area contributed by atoms with E-state index in [1.165, 1.54) is 0 Å². The van der Waals surface area contributed by atoms with Crippen molar-refractivity contribution in [1.29, 1.82) is 0 Å². The van der Waals surface area contributed by atoms with Gasteiger partial charge in [-0.05, 0) is 24.5 Å². The minimum atomic E-state index is -0.375. The average molecular weight is 354 g/mol. The van der Waals surface area contributed by atoms with Gasteiger partial charge < -0.3 is 15.4 Å². The van der Waals surface area contributed by atoms with Crippen LogP contribution in [-0.2, 0) is 4.79 Å². The zero-order valence-corrected chi connectivity index (χ0v) is 15.3. The van der Waals surface area contributed by atoms with Crippen LogP contribution in [0, 0.1) is 5.92 Å². The smallest absolute Gasteiger partial charge is 0.239 e. The Kier molecular flexibility index (Phi) is 7.34. The van der Waals surface area contributed by atoms with E-state index in [-0.39, 0.29) is 11.9 Å². The summed E-state index contributed by atoms with van der Waals surface area (Å²) in [7, 11) is 0. The van der Waals surface area contributed by atoms with Gasteiger partial charge in [0.15, 0.2) is 0 Å². The summed E-state index contributed by atoms with van der Waals surface area (Å²) in [5.74, 6) is 1.23. The number of nitrogens with zero attached hydrogens (tertiary/aromatic N) is 2. The molecule has 1 atom stereocenters. The molecule has 1 aromatic rings. The number of carbonyl (C=O) groups excluding carboxylic acids is 1. The van der Waals surface area contributed by atoms with Gasteiger partial charge in [0, 0.05) is 32.7 Å². The quantitative estimate of drug-likeness (QED) is 0.816. The molecule has 0 unspecified atom stereocenters. The highest BCUT2D eigenvalue weighted by Gasteiger charge is 2.25. The zero-order chi connectivity index (χ0) is 17.5. The van der Waals surface area contributed by atoms with Crippen molar-refractivity contribution in [2.24, 2.45) is 11.7 Å². The van der Waals surface area contributed by atoms with Gasteiger partial charge in [-0.1, -0.05) is 37.6 Å². The molecule has 0 radical (unpaired) electrons. The van der Waals surface area contributed by atoms with Gasteiger partial charge in [0.2, 0.25) is 5.91 Å². The Labute approximate surface area is 149 Å². The second-order valence-corrected chi connectivity index (χ2v) is 7.09. The van der Waals surface area contributed by atoms with Crippen LogP contribution >= 0.6 is 11.6 Å². The van der Waals surface area contributed by atoms with Gasteiger partial charge >= 0.3 is 0 Å². The summed E-state index contributed by atoms with van der Waals surface area (Å²) in [5.41, 5.74) is 6.01.